The van der Waals surface area contributed by atoms with Gasteiger partial charge in [-0.2, -0.15) is 0 Å². The molecule has 0 atom stereocenters. The van der Waals surface area contributed by atoms with Gasteiger partial charge in [0.2, 0.25) is 11.8 Å². The van der Waals surface area contributed by atoms with Crippen LogP contribution in [0.2, 0.25) is 0 Å². The van der Waals surface area contributed by atoms with Crippen molar-refractivity contribution in [1.82, 2.24) is 4.90 Å². The molecular formula is C19H26N2O4. The van der Waals surface area contributed by atoms with Crippen LogP contribution >= 0.6 is 0 Å². The molecule has 0 saturated carbocycles. The second-order valence-electron chi connectivity index (χ2n) is 6.34. The van der Waals surface area contributed by atoms with Crippen LogP contribution in [0.3, 0.4) is 0 Å². The van der Waals surface area contributed by atoms with E-state index in [2.05, 4.69) is 5.32 Å². The highest BCUT2D eigenvalue weighted by Gasteiger charge is 2.26. The lowest BCUT2D eigenvalue weighted by Gasteiger charge is -2.30. The third-order valence-corrected chi connectivity index (χ3v) is 4.43. The number of likely N-dealkylation sites (tertiary alicyclic amines) is 1. The molecule has 2 rings (SSSR count). The van der Waals surface area contributed by atoms with E-state index in [4.69, 9.17) is 4.74 Å². The fourth-order valence-electron chi connectivity index (χ4n) is 2.78. The first-order valence-electron chi connectivity index (χ1n) is 8.84. The third kappa shape index (κ3) is 5.59. The Morgan fingerprint density at radius 3 is 2.36 bits per heavy atom. The van der Waals surface area contributed by atoms with Crippen molar-refractivity contribution in [3.8, 4) is 0 Å². The Hall–Kier alpha value is -2.37. The number of hydrogen-bond donors (Lipinski definition) is 1. The number of hydrogen-bond acceptors (Lipinski definition) is 4. The minimum absolute atomic E-state index is 0.0403. The predicted octanol–water partition coefficient (Wildman–Crippen LogP) is 2.84. The summed E-state index contributed by atoms with van der Waals surface area (Å²) in [6, 6.07) is 6.72. The van der Waals surface area contributed by atoms with E-state index in [0.717, 1.165) is 12.8 Å². The summed E-state index contributed by atoms with van der Waals surface area (Å²) in [5, 5.41) is 2.88. The first-order valence-corrected chi connectivity index (χ1v) is 8.84. The van der Waals surface area contributed by atoms with Gasteiger partial charge >= 0.3 is 5.97 Å². The molecule has 1 heterocycles. The molecule has 0 spiro atoms. The number of ether oxygens (including phenoxy) is 1. The van der Waals surface area contributed by atoms with Crippen LogP contribution in [-0.2, 0) is 14.3 Å². The molecule has 0 bridgehead atoms. The van der Waals surface area contributed by atoms with Crippen LogP contribution in [0.15, 0.2) is 24.3 Å². The number of carbonyl (C=O) groups is 3. The van der Waals surface area contributed by atoms with Crippen LogP contribution in [0.5, 0.6) is 0 Å². The molecule has 1 aliphatic heterocycles. The molecule has 1 fully saturated rings. The number of piperidine rings is 1. The van der Waals surface area contributed by atoms with Crippen LogP contribution < -0.4 is 5.32 Å². The first-order chi connectivity index (χ1) is 12.0. The Balaban J connectivity index is 1.83. The van der Waals surface area contributed by atoms with E-state index >= 15 is 0 Å². The minimum atomic E-state index is -0.345. The van der Waals surface area contributed by atoms with Gasteiger partial charge in [0.25, 0.3) is 0 Å². The maximum absolute atomic E-state index is 12.3. The molecule has 1 aromatic rings. The molecule has 0 aromatic heterocycles. The van der Waals surface area contributed by atoms with Crippen LogP contribution in [0.25, 0.3) is 0 Å². The van der Waals surface area contributed by atoms with Crippen molar-refractivity contribution in [2.24, 2.45) is 5.92 Å². The van der Waals surface area contributed by atoms with Crippen molar-refractivity contribution in [1.29, 1.82) is 0 Å². The van der Waals surface area contributed by atoms with Gasteiger partial charge in [-0.1, -0.05) is 13.3 Å². The number of esters is 1. The van der Waals surface area contributed by atoms with Crippen molar-refractivity contribution in [3.63, 3.8) is 0 Å². The number of carbonyl (C=O) groups excluding carboxylic acids is 3. The van der Waals surface area contributed by atoms with Crippen molar-refractivity contribution in [2.45, 2.75) is 39.5 Å². The zero-order valence-corrected chi connectivity index (χ0v) is 14.9. The van der Waals surface area contributed by atoms with E-state index in [0.29, 0.717) is 43.8 Å². The molecule has 136 valence electrons. The molecule has 1 aliphatic rings. The topological polar surface area (TPSA) is 75.7 Å². The molecular weight excluding hydrogens is 320 g/mol. The Bertz CT molecular complexity index is 604. The number of amides is 2. The zero-order chi connectivity index (χ0) is 18.2. The molecule has 2 amide bonds. The van der Waals surface area contributed by atoms with E-state index in [1.165, 1.54) is 0 Å². The van der Waals surface area contributed by atoms with Crippen LogP contribution in [0.4, 0.5) is 5.69 Å². The monoisotopic (exact) mass is 346 g/mol. The summed E-state index contributed by atoms with van der Waals surface area (Å²) in [6.45, 7) is 5.25. The Morgan fingerprint density at radius 1 is 1.16 bits per heavy atom. The summed E-state index contributed by atoms with van der Waals surface area (Å²) in [7, 11) is 0. The fraction of sp³-hybridized carbons (Fsp3) is 0.526. The van der Waals surface area contributed by atoms with Crippen LogP contribution in [0.1, 0.15) is 49.9 Å². The van der Waals surface area contributed by atoms with Crippen LogP contribution in [-0.4, -0.2) is 42.4 Å². The van der Waals surface area contributed by atoms with Crippen molar-refractivity contribution in [3.05, 3.63) is 29.8 Å². The molecule has 1 saturated heterocycles. The summed E-state index contributed by atoms with van der Waals surface area (Å²) >= 11 is 0. The SMILES string of the molecule is CCCCOC(=O)c1ccc(NC(=O)C2CCN(C(C)=O)CC2)cc1. The van der Waals surface area contributed by atoms with E-state index in [9.17, 15) is 14.4 Å². The highest BCUT2D eigenvalue weighted by Crippen LogP contribution is 2.20. The van der Waals surface area contributed by atoms with E-state index < -0.39 is 0 Å². The standard InChI is InChI=1S/C19H26N2O4/c1-3-4-13-25-19(24)16-5-7-17(8-6-16)20-18(23)15-9-11-21(12-10-15)14(2)22/h5-8,15H,3-4,9-13H2,1-2H3,(H,20,23). The summed E-state index contributed by atoms with van der Waals surface area (Å²) in [4.78, 5) is 37.3. The van der Waals surface area contributed by atoms with Gasteiger partial charge in [-0.05, 0) is 43.5 Å². The van der Waals surface area contributed by atoms with Gasteiger partial charge in [0, 0.05) is 31.6 Å². The Morgan fingerprint density at radius 2 is 1.80 bits per heavy atom. The van der Waals surface area contributed by atoms with E-state index in [1.807, 2.05) is 6.92 Å². The molecule has 6 nitrogen and oxygen atoms in total. The molecule has 1 N–H and O–H groups in total. The summed E-state index contributed by atoms with van der Waals surface area (Å²) < 4.78 is 5.16. The van der Waals surface area contributed by atoms with Gasteiger partial charge in [-0.3, -0.25) is 9.59 Å². The molecule has 0 radical (unpaired) electrons. The smallest absolute Gasteiger partial charge is 0.338 e. The van der Waals surface area contributed by atoms with E-state index in [1.54, 1.807) is 36.1 Å². The normalized spacial score (nSPS) is 14.9. The lowest BCUT2D eigenvalue weighted by Crippen LogP contribution is -2.40. The van der Waals surface area contributed by atoms with Crippen molar-refractivity contribution < 1.29 is 19.1 Å². The molecule has 1 aromatic carbocycles. The van der Waals surface area contributed by atoms with Gasteiger partial charge in [0.15, 0.2) is 0 Å². The first kappa shape index (κ1) is 19.0. The highest BCUT2D eigenvalue weighted by atomic mass is 16.5. The van der Waals surface area contributed by atoms with Gasteiger partial charge < -0.3 is 15.0 Å². The Labute approximate surface area is 148 Å². The number of nitrogens with one attached hydrogen (secondary N) is 1. The zero-order valence-electron chi connectivity index (χ0n) is 14.9. The fourth-order valence-corrected chi connectivity index (χ4v) is 2.78. The Kier molecular flexibility index (Phi) is 6.98. The number of unbranched alkanes of at least 4 members (excludes halogenated alkanes) is 1. The lowest BCUT2D eigenvalue weighted by molar-refractivity contribution is -0.132. The summed E-state index contributed by atoms with van der Waals surface area (Å²) in [6.07, 6.45) is 3.17. The van der Waals surface area contributed by atoms with Gasteiger partial charge in [-0.15, -0.1) is 0 Å². The van der Waals surface area contributed by atoms with E-state index in [-0.39, 0.29) is 23.7 Å². The molecule has 0 unspecified atom stereocenters. The predicted molar refractivity (Wildman–Crippen MR) is 95.2 cm³/mol. The quantitative estimate of drug-likeness (QED) is 0.635. The maximum Gasteiger partial charge on any atom is 0.338 e. The average molecular weight is 346 g/mol. The number of benzene rings is 1. The van der Waals surface area contributed by atoms with Crippen LogP contribution in [0, 0.1) is 5.92 Å². The lowest BCUT2D eigenvalue weighted by atomic mass is 9.96. The molecule has 0 aliphatic carbocycles. The summed E-state index contributed by atoms with van der Waals surface area (Å²) in [5.74, 6) is -0.418. The number of rotatable bonds is 6. The number of nitrogens with zero attached hydrogens (tertiary/aromatic N) is 1. The highest BCUT2D eigenvalue weighted by molar-refractivity contribution is 5.94. The largest absolute Gasteiger partial charge is 0.462 e. The molecule has 25 heavy (non-hydrogen) atoms. The van der Waals surface area contributed by atoms with Gasteiger partial charge in [-0.25, -0.2) is 4.79 Å². The van der Waals surface area contributed by atoms with Crippen molar-refractivity contribution in [2.75, 3.05) is 25.0 Å². The van der Waals surface area contributed by atoms with Gasteiger partial charge in [0.05, 0.1) is 12.2 Å². The molecule has 6 heteroatoms. The second kappa shape index (κ2) is 9.20. The van der Waals surface area contributed by atoms with Gasteiger partial charge in [0.1, 0.15) is 0 Å². The third-order valence-electron chi connectivity index (χ3n) is 4.43. The maximum atomic E-state index is 12.3. The number of anilines is 1. The van der Waals surface area contributed by atoms with Crippen molar-refractivity contribution >= 4 is 23.5 Å². The minimum Gasteiger partial charge on any atom is -0.462 e. The summed E-state index contributed by atoms with van der Waals surface area (Å²) in [5.41, 5.74) is 1.13. The second-order valence-corrected chi connectivity index (χ2v) is 6.34. The average Bonchev–Trinajstić information content (AvgIpc) is 2.62.